The van der Waals surface area contributed by atoms with Crippen molar-refractivity contribution in [2.75, 3.05) is 16.8 Å². The van der Waals surface area contributed by atoms with Gasteiger partial charge in [0.1, 0.15) is 5.82 Å². The van der Waals surface area contributed by atoms with Crippen LogP contribution in [0.1, 0.15) is 25.8 Å². The minimum atomic E-state index is 0.397. The van der Waals surface area contributed by atoms with Gasteiger partial charge in [0.15, 0.2) is 0 Å². The Morgan fingerprint density at radius 1 is 1.30 bits per heavy atom. The number of nitrogens with zero attached hydrogens (tertiary/aromatic N) is 3. The lowest BCUT2D eigenvalue weighted by molar-refractivity contribution is 0.739. The Labute approximate surface area is 119 Å². The Kier molecular flexibility index (Phi) is 3.54. The van der Waals surface area contributed by atoms with Crippen molar-refractivity contribution in [3.05, 3.63) is 42.1 Å². The lowest BCUT2D eigenvalue weighted by Crippen LogP contribution is -2.26. The molecule has 1 N–H and O–H groups in total. The molecule has 1 atom stereocenters. The van der Waals surface area contributed by atoms with E-state index in [1.807, 2.05) is 12.3 Å². The lowest BCUT2D eigenvalue weighted by atomic mass is 10.1. The van der Waals surface area contributed by atoms with Gasteiger partial charge in [0.2, 0.25) is 5.95 Å². The molecule has 20 heavy (non-hydrogen) atoms. The highest BCUT2D eigenvalue weighted by atomic mass is 15.3. The number of benzene rings is 1. The van der Waals surface area contributed by atoms with Crippen molar-refractivity contribution in [3.63, 3.8) is 0 Å². The largest absolute Gasteiger partial charge is 0.370 e. The normalized spacial score (nSPS) is 17.1. The van der Waals surface area contributed by atoms with Gasteiger partial charge in [0.05, 0.1) is 0 Å². The smallest absolute Gasteiger partial charge is 0.232 e. The molecule has 1 aromatic heterocycles. The van der Waals surface area contributed by atoms with Crippen molar-refractivity contribution in [1.82, 2.24) is 9.97 Å². The first-order valence-electron chi connectivity index (χ1n) is 7.23. The molecule has 2 aromatic rings. The first kappa shape index (κ1) is 12.9. The average Bonchev–Trinajstić information content (AvgIpc) is 2.81. The Balaban J connectivity index is 1.93. The minimum absolute atomic E-state index is 0.397. The molecular formula is C16H20N4. The standard InChI is InChI=1S/C16H20N4/c1-3-9-17-15-8-10-18-16(19-15)20-12(2)11-13-6-4-5-7-14(13)20/h4-8,10,12H,3,9,11H2,1-2H3,(H,17,18,19). The summed E-state index contributed by atoms with van der Waals surface area (Å²) in [6.45, 7) is 5.30. The van der Waals surface area contributed by atoms with Crippen molar-refractivity contribution >= 4 is 17.5 Å². The van der Waals surface area contributed by atoms with E-state index in [4.69, 9.17) is 0 Å². The van der Waals surface area contributed by atoms with E-state index in [1.165, 1.54) is 11.3 Å². The molecule has 2 heterocycles. The van der Waals surface area contributed by atoms with E-state index in [9.17, 15) is 0 Å². The van der Waals surface area contributed by atoms with E-state index in [0.29, 0.717) is 6.04 Å². The van der Waals surface area contributed by atoms with Gasteiger partial charge in [-0.25, -0.2) is 4.98 Å². The Hall–Kier alpha value is -2.10. The van der Waals surface area contributed by atoms with Gasteiger partial charge in [-0.1, -0.05) is 25.1 Å². The highest BCUT2D eigenvalue weighted by molar-refractivity contribution is 5.67. The van der Waals surface area contributed by atoms with Crippen LogP contribution in [0.2, 0.25) is 0 Å². The van der Waals surface area contributed by atoms with Crippen LogP contribution in [-0.2, 0) is 6.42 Å². The zero-order valence-electron chi connectivity index (χ0n) is 12.0. The van der Waals surface area contributed by atoms with Gasteiger partial charge in [0.25, 0.3) is 0 Å². The summed E-state index contributed by atoms with van der Waals surface area (Å²) >= 11 is 0. The third-order valence-corrected chi connectivity index (χ3v) is 3.62. The lowest BCUT2D eigenvalue weighted by Gasteiger charge is -2.22. The number of para-hydroxylation sites is 1. The Morgan fingerprint density at radius 2 is 2.15 bits per heavy atom. The number of hydrogen-bond donors (Lipinski definition) is 1. The molecular weight excluding hydrogens is 248 g/mol. The molecule has 0 aliphatic carbocycles. The fraction of sp³-hybridized carbons (Fsp3) is 0.375. The molecule has 0 saturated carbocycles. The van der Waals surface area contributed by atoms with Crippen LogP contribution in [0.5, 0.6) is 0 Å². The second kappa shape index (κ2) is 5.49. The zero-order chi connectivity index (χ0) is 13.9. The van der Waals surface area contributed by atoms with Crippen LogP contribution >= 0.6 is 0 Å². The van der Waals surface area contributed by atoms with Crippen LogP contribution in [0.15, 0.2) is 36.5 Å². The second-order valence-corrected chi connectivity index (χ2v) is 5.22. The number of nitrogens with one attached hydrogen (secondary N) is 1. The molecule has 0 bridgehead atoms. The summed E-state index contributed by atoms with van der Waals surface area (Å²) in [5, 5.41) is 3.32. The van der Waals surface area contributed by atoms with Crippen molar-refractivity contribution < 1.29 is 0 Å². The molecule has 3 rings (SSSR count). The molecule has 0 amide bonds. The third kappa shape index (κ3) is 2.33. The fourth-order valence-corrected chi connectivity index (χ4v) is 2.69. The molecule has 1 unspecified atom stereocenters. The molecule has 1 aliphatic heterocycles. The van der Waals surface area contributed by atoms with E-state index in [2.05, 4.69) is 58.3 Å². The van der Waals surface area contributed by atoms with E-state index in [0.717, 1.165) is 31.2 Å². The zero-order valence-corrected chi connectivity index (χ0v) is 12.0. The van der Waals surface area contributed by atoms with Crippen LogP contribution in [0.4, 0.5) is 17.5 Å². The van der Waals surface area contributed by atoms with Gasteiger partial charge >= 0.3 is 0 Å². The quantitative estimate of drug-likeness (QED) is 0.923. The van der Waals surface area contributed by atoms with Gasteiger partial charge in [0, 0.05) is 24.5 Å². The van der Waals surface area contributed by atoms with E-state index in [1.54, 1.807) is 0 Å². The van der Waals surface area contributed by atoms with Gasteiger partial charge in [-0.15, -0.1) is 0 Å². The summed E-state index contributed by atoms with van der Waals surface area (Å²) in [4.78, 5) is 11.3. The number of hydrogen-bond acceptors (Lipinski definition) is 4. The first-order valence-corrected chi connectivity index (χ1v) is 7.23. The molecule has 0 fully saturated rings. The van der Waals surface area contributed by atoms with E-state index >= 15 is 0 Å². The molecule has 104 valence electrons. The van der Waals surface area contributed by atoms with Gasteiger partial charge < -0.3 is 10.2 Å². The molecule has 0 spiro atoms. The summed E-state index contributed by atoms with van der Waals surface area (Å²) in [7, 11) is 0. The fourth-order valence-electron chi connectivity index (χ4n) is 2.69. The van der Waals surface area contributed by atoms with Gasteiger partial charge in [-0.05, 0) is 37.5 Å². The predicted molar refractivity (Wildman–Crippen MR) is 82.6 cm³/mol. The topological polar surface area (TPSA) is 41.1 Å². The van der Waals surface area contributed by atoms with Crippen LogP contribution in [0, 0.1) is 0 Å². The monoisotopic (exact) mass is 268 g/mol. The maximum Gasteiger partial charge on any atom is 0.232 e. The average molecular weight is 268 g/mol. The highest BCUT2D eigenvalue weighted by Gasteiger charge is 2.28. The van der Waals surface area contributed by atoms with E-state index in [-0.39, 0.29) is 0 Å². The van der Waals surface area contributed by atoms with Crippen molar-refractivity contribution in [1.29, 1.82) is 0 Å². The van der Waals surface area contributed by atoms with Crippen LogP contribution in [0.25, 0.3) is 0 Å². The first-order chi connectivity index (χ1) is 9.79. The van der Waals surface area contributed by atoms with Gasteiger partial charge in [-0.3, -0.25) is 0 Å². The van der Waals surface area contributed by atoms with Gasteiger partial charge in [-0.2, -0.15) is 4.98 Å². The van der Waals surface area contributed by atoms with Crippen molar-refractivity contribution in [2.24, 2.45) is 0 Å². The Bertz CT molecular complexity index is 597. The number of aromatic nitrogens is 2. The van der Waals surface area contributed by atoms with Crippen molar-refractivity contribution in [3.8, 4) is 0 Å². The van der Waals surface area contributed by atoms with Crippen LogP contribution in [-0.4, -0.2) is 22.6 Å². The maximum atomic E-state index is 4.65. The summed E-state index contributed by atoms with van der Waals surface area (Å²) in [5.41, 5.74) is 2.60. The summed E-state index contributed by atoms with van der Waals surface area (Å²) < 4.78 is 0. The van der Waals surface area contributed by atoms with Crippen LogP contribution in [0.3, 0.4) is 0 Å². The minimum Gasteiger partial charge on any atom is -0.370 e. The van der Waals surface area contributed by atoms with Crippen LogP contribution < -0.4 is 10.2 Å². The molecule has 0 radical (unpaired) electrons. The summed E-state index contributed by atoms with van der Waals surface area (Å²) in [5.74, 6) is 1.68. The second-order valence-electron chi connectivity index (χ2n) is 5.22. The Morgan fingerprint density at radius 3 is 3.00 bits per heavy atom. The number of anilines is 3. The maximum absolute atomic E-state index is 4.65. The number of fused-ring (bicyclic) bond motifs is 1. The molecule has 1 aromatic carbocycles. The predicted octanol–water partition coefficient (Wildman–Crippen LogP) is 3.38. The van der Waals surface area contributed by atoms with Crippen molar-refractivity contribution in [2.45, 2.75) is 32.7 Å². The highest BCUT2D eigenvalue weighted by Crippen LogP contribution is 2.36. The number of rotatable bonds is 4. The third-order valence-electron chi connectivity index (χ3n) is 3.62. The molecule has 4 nitrogen and oxygen atoms in total. The SMILES string of the molecule is CCCNc1ccnc(N2c3ccccc3CC2C)n1. The summed E-state index contributed by atoms with van der Waals surface area (Å²) in [6, 6.07) is 10.8. The molecule has 0 saturated heterocycles. The van der Waals surface area contributed by atoms with E-state index < -0.39 is 0 Å². The molecule has 1 aliphatic rings. The molecule has 4 heteroatoms. The summed E-state index contributed by atoms with van der Waals surface area (Å²) in [6.07, 6.45) is 3.96.